The standard InChI is InChI=1S/C20H21ClF6N4O3.C13H17F6NO2.C8H7ClN2O2/c21-12-10-28-14(29-11-12)18(3-4-18)15(32)31-7-1-2-17(31)5-8-30(9-6-17)16(33)34-13(19(22,23)24)20(25,26)27;14-12(15,16)9(13(17,18)19)22-10(21)20-7-5-11(6-8-20)3-1-2-4-11;9-5-3-10-6(11-4-5)8(1-2-8)7(12)13/h10-11,13H,1-9H2;9H,1-8H2;3-4H,1-2H2,(H,12,13). The Morgan fingerprint density at radius 1 is 0.522 bits per heavy atom. The number of ether oxygens (including phenoxy) is 2. The van der Waals surface area contributed by atoms with Crippen molar-refractivity contribution >= 4 is 47.3 Å². The van der Waals surface area contributed by atoms with Crippen molar-refractivity contribution in [2.75, 3.05) is 32.7 Å². The van der Waals surface area contributed by atoms with E-state index in [-0.39, 0.29) is 50.3 Å². The van der Waals surface area contributed by atoms with Crippen LogP contribution >= 0.6 is 23.2 Å². The fourth-order valence-electron chi connectivity index (χ4n) is 9.35. The van der Waals surface area contributed by atoms with Crippen LogP contribution in [0.5, 0.6) is 0 Å². The molecule has 5 heterocycles. The van der Waals surface area contributed by atoms with Crippen molar-refractivity contribution in [3.8, 4) is 0 Å². The number of rotatable bonds is 6. The first-order valence-corrected chi connectivity index (χ1v) is 22.4. The summed E-state index contributed by atoms with van der Waals surface area (Å²) in [5, 5.41) is 9.67. The zero-order valence-electron chi connectivity index (χ0n) is 36.2. The maximum absolute atomic E-state index is 13.5. The van der Waals surface area contributed by atoms with E-state index in [9.17, 15) is 71.9 Å². The van der Waals surface area contributed by atoms with Crippen LogP contribution in [0.4, 0.5) is 62.3 Å². The van der Waals surface area contributed by atoms with Crippen LogP contribution in [-0.2, 0) is 29.9 Å². The van der Waals surface area contributed by atoms with Crippen molar-refractivity contribution in [1.82, 2.24) is 34.6 Å². The highest BCUT2D eigenvalue weighted by molar-refractivity contribution is 6.30. The minimum Gasteiger partial charge on any atom is -0.480 e. The Hall–Kier alpha value is -4.62. The van der Waals surface area contributed by atoms with Gasteiger partial charge in [0.05, 0.1) is 10.0 Å². The molecule has 3 aliphatic carbocycles. The number of hydrogen-bond donors (Lipinski definition) is 1. The molecule has 3 saturated heterocycles. The second kappa shape index (κ2) is 19.9. The topological polar surface area (TPSA) is 168 Å². The van der Waals surface area contributed by atoms with Crippen LogP contribution in [0.25, 0.3) is 0 Å². The van der Waals surface area contributed by atoms with E-state index < -0.39 is 71.4 Å². The summed E-state index contributed by atoms with van der Waals surface area (Å²) in [6.07, 6.45) is -19.2. The summed E-state index contributed by atoms with van der Waals surface area (Å²) < 4.78 is 158. The average Bonchev–Trinajstić information content (AvgIpc) is 4.18. The van der Waals surface area contributed by atoms with Crippen molar-refractivity contribution < 1.29 is 86.4 Å². The van der Waals surface area contributed by atoms with Crippen molar-refractivity contribution in [2.24, 2.45) is 5.41 Å². The summed E-state index contributed by atoms with van der Waals surface area (Å²) in [5.41, 5.74) is -2.22. The number of amides is 3. The Morgan fingerprint density at radius 2 is 0.884 bits per heavy atom. The van der Waals surface area contributed by atoms with E-state index in [0.29, 0.717) is 79.6 Å². The van der Waals surface area contributed by atoms with E-state index in [2.05, 4.69) is 29.4 Å². The molecule has 2 spiro atoms. The van der Waals surface area contributed by atoms with E-state index >= 15 is 0 Å². The minimum absolute atomic E-state index is 0.101. The Bertz CT molecular complexity index is 2120. The number of hydrogen-bond acceptors (Lipinski definition) is 10. The second-order valence-electron chi connectivity index (χ2n) is 18.1. The third kappa shape index (κ3) is 12.3. The molecule has 14 nitrogen and oxygen atoms in total. The smallest absolute Gasteiger partial charge is 0.434 e. The van der Waals surface area contributed by atoms with E-state index in [4.69, 9.17) is 28.3 Å². The number of likely N-dealkylation sites (tertiary alicyclic amines) is 3. The average molecular weight is 1050 g/mol. The highest BCUT2D eigenvalue weighted by atomic mass is 35.5. The molecule has 3 saturated carbocycles. The normalized spacial score (nSPS) is 21.3. The van der Waals surface area contributed by atoms with Gasteiger partial charge in [0.15, 0.2) is 0 Å². The highest BCUT2D eigenvalue weighted by Gasteiger charge is 2.63. The maximum atomic E-state index is 13.5. The number of aromatic nitrogens is 4. The van der Waals surface area contributed by atoms with Gasteiger partial charge in [-0.15, -0.1) is 0 Å². The quantitative estimate of drug-likeness (QED) is 0.274. The molecule has 3 amide bonds. The van der Waals surface area contributed by atoms with Crippen LogP contribution in [0, 0.1) is 5.41 Å². The number of alkyl halides is 12. The van der Waals surface area contributed by atoms with Crippen molar-refractivity contribution in [2.45, 2.75) is 143 Å². The minimum atomic E-state index is -5.78. The first-order chi connectivity index (χ1) is 32.0. The molecule has 69 heavy (non-hydrogen) atoms. The van der Waals surface area contributed by atoms with Crippen LogP contribution in [-0.4, -0.2) is 139 Å². The molecule has 0 aromatic carbocycles. The van der Waals surface area contributed by atoms with E-state index in [0.717, 1.165) is 35.5 Å². The van der Waals surface area contributed by atoms with Crippen LogP contribution in [0.15, 0.2) is 24.8 Å². The maximum Gasteiger partial charge on any atom is 0.434 e. The number of halogens is 14. The van der Waals surface area contributed by atoms with E-state index in [1.54, 1.807) is 4.90 Å². The third-order valence-electron chi connectivity index (χ3n) is 13.6. The lowest BCUT2D eigenvalue weighted by atomic mass is 9.77. The molecular weight excluding hydrogens is 1000 g/mol. The first-order valence-electron chi connectivity index (χ1n) is 21.7. The Labute approximate surface area is 395 Å². The SMILES string of the molecule is O=C(O)C1(c2ncc(Cl)cn2)CC1.O=C(OC(C(F)(F)F)C(F)(F)F)N1CCC2(CCCC2)CC1.O=C(OC(C(F)(F)F)C(F)(F)F)N1CCC2(CCCN2C(=O)C2(c3ncc(Cl)cn3)CC2)CC1. The molecular formula is C41H45Cl2F12N7O7. The van der Waals surface area contributed by atoms with Crippen LogP contribution in [0.2, 0.25) is 10.0 Å². The van der Waals surface area contributed by atoms with Gasteiger partial charge in [0.25, 0.3) is 12.2 Å². The van der Waals surface area contributed by atoms with Crippen molar-refractivity contribution in [3.63, 3.8) is 0 Å². The molecule has 0 radical (unpaired) electrons. The predicted molar refractivity (Wildman–Crippen MR) is 214 cm³/mol. The van der Waals surface area contributed by atoms with Gasteiger partial charge in [-0.2, -0.15) is 52.7 Å². The van der Waals surface area contributed by atoms with Gasteiger partial charge in [0.2, 0.25) is 5.91 Å². The van der Waals surface area contributed by atoms with E-state index in [1.807, 2.05) is 0 Å². The fourth-order valence-corrected chi connectivity index (χ4v) is 9.55. The molecule has 2 aromatic heterocycles. The van der Waals surface area contributed by atoms with Gasteiger partial charge in [-0.25, -0.2) is 29.5 Å². The summed E-state index contributed by atoms with van der Waals surface area (Å²) in [6.45, 7) is 0.483. The summed E-state index contributed by atoms with van der Waals surface area (Å²) in [5.74, 6) is -0.271. The highest BCUT2D eigenvalue weighted by Crippen LogP contribution is 2.52. The van der Waals surface area contributed by atoms with Gasteiger partial charge in [0, 0.05) is 63.1 Å². The third-order valence-corrected chi connectivity index (χ3v) is 14.0. The fraction of sp³-hybridized carbons (Fsp3) is 0.707. The molecule has 28 heteroatoms. The molecule has 384 valence electrons. The number of piperidine rings is 2. The lowest BCUT2D eigenvalue weighted by Gasteiger charge is -2.45. The van der Waals surface area contributed by atoms with Crippen molar-refractivity contribution in [1.29, 1.82) is 0 Å². The molecule has 2 aromatic rings. The summed E-state index contributed by atoms with van der Waals surface area (Å²) in [7, 11) is 0. The summed E-state index contributed by atoms with van der Waals surface area (Å²) >= 11 is 11.4. The summed E-state index contributed by atoms with van der Waals surface area (Å²) in [4.78, 5) is 67.8. The number of carbonyl (C=O) groups is 4. The van der Waals surface area contributed by atoms with Crippen molar-refractivity contribution in [3.05, 3.63) is 46.5 Å². The largest absolute Gasteiger partial charge is 0.480 e. The van der Waals surface area contributed by atoms with Gasteiger partial charge in [0.1, 0.15) is 22.5 Å². The number of nitrogens with zero attached hydrogens (tertiary/aromatic N) is 7. The van der Waals surface area contributed by atoms with E-state index in [1.165, 1.54) is 24.8 Å². The Kier molecular flexibility index (Phi) is 15.5. The number of carboxylic acids is 1. The first kappa shape index (κ1) is 53.7. The monoisotopic (exact) mass is 1050 g/mol. The van der Waals surface area contributed by atoms with Gasteiger partial charge >= 0.3 is 42.9 Å². The van der Waals surface area contributed by atoms with Gasteiger partial charge < -0.3 is 29.3 Å². The zero-order chi connectivity index (χ0) is 51.0. The molecule has 0 unspecified atom stereocenters. The number of aliphatic carboxylic acids is 1. The number of carbonyl (C=O) groups excluding carboxylic acids is 3. The molecule has 6 aliphatic rings. The molecule has 1 N–H and O–H groups in total. The molecule has 0 atom stereocenters. The number of carboxylic acid groups (broad SMARTS) is 1. The molecule has 3 aliphatic heterocycles. The lowest BCUT2D eigenvalue weighted by Crippen LogP contribution is -2.57. The summed E-state index contributed by atoms with van der Waals surface area (Å²) in [6, 6.07) is 0. The predicted octanol–water partition coefficient (Wildman–Crippen LogP) is 9.77. The Morgan fingerprint density at radius 3 is 1.23 bits per heavy atom. The van der Waals surface area contributed by atoms with Crippen LogP contribution < -0.4 is 0 Å². The van der Waals surface area contributed by atoms with Crippen LogP contribution in [0.3, 0.4) is 0 Å². The molecule has 0 bridgehead atoms. The zero-order valence-corrected chi connectivity index (χ0v) is 37.7. The Balaban J connectivity index is 0.000000190. The molecule has 6 fully saturated rings. The van der Waals surface area contributed by atoms with Gasteiger partial charge in [-0.1, -0.05) is 36.0 Å². The van der Waals surface area contributed by atoms with Gasteiger partial charge in [-0.05, 0) is 82.5 Å². The molecule has 8 rings (SSSR count). The van der Waals surface area contributed by atoms with Crippen LogP contribution in [0.1, 0.15) is 102 Å². The van der Waals surface area contributed by atoms with Gasteiger partial charge in [-0.3, -0.25) is 9.59 Å². The second-order valence-corrected chi connectivity index (χ2v) is 19.0. The lowest BCUT2D eigenvalue weighted by molar-refractivity contribution is -0.309.